The van der Waals surface area contributed by atoms with E-state index in [1.54, 1.807) is 12.3 Å². The van der Waals surface area contributed by atoms with E-state index in [1.807, 2.05) is 18.2 Å². The molecule has 2 heterocycles. The van der Waals surface area contributed by atoms with E-state index in [1.165, 1.54) is 28.8 Å². The van der Waals surface area contributed by atoms with Crippen molar-refractivity contribution >= 4 is 16.9 Å². The van der Waals surface area contributed by atoms with Crippen LogP contribution in [-0.4, -0.2) is 30.8 Å². The van der Waals surface area contributed by atoms with Crippen LogP contribution in [0.15, 0.2) is 59.5 Å². The molecule has 0 unspecified atom stereocenters. The Morgan fingerprint density at radius 2 is 1.90 bits per heavy atom. The van der Waals surface area contributed by atoms with E-state index in [4.69, 9.17) is 10.1 Å². The van der Waals surface area contributed by atoms with Gasteiger partial charge >= 0.3 is 5.97 Å². The van der Waals surface area contributed by atoms with Crippen molar-refractivity contribution < 1.29 is 14.3 Å². The maximum Gasteiger partial charge on any atom is 0.303 e. The maximum absolute atomic E-state index is 13.4. The number of halogens is 1. The zero-order chi connectivity index (χ0) is 21.1. The molecule has 0 fully saturated rings. The van der Waals surface area contributed by atoms with E-state index in [-0.39, 0.29) is 12.0 Å². The summed E-state index contributed by atoms with van der Waals surface area (Å²) in [5.41, 5.74) is 2.36. The predicted octanol–water partition coefficient (Wildman–Crippen LogP) is 3.71. The second-order valence-corrected chi connectivity index (χ2v) is 6.94. The number of aromatic amines is 1. The van der Waals surface area contributed by atoms with Crippen LogP contribution in [0.2, 0.25) is 0 Å². The summed E-state index contributed by atoms with van der Waals surface area (Å²) in [6.07, 6.45) is 3.22. The van der Waals surface area contributed by atoms with Gasteiger partial charge in [0.05, 0.1) is 22.3 Å². The summed E-state index contributed by atoms with van der Waals surface area (Å²) < 4.78 is 14.9. The van der Waals surface area contributed by atoms with Crippen LogP contribution in [-0.2, 0) is 11.2 Å². The molecule has 0 radical (unpaired) electrons. The molecule has 2 aromatic carbocycles. The zero-order valence-corrected chi connectivity index (χ0v) is 16.0. The number of unbranched alkanes of at least 4 members (excludes halogenated alkanes) is 1. The first kappa shape index (κ1) is 19.5. The van der Waals surface area contributed by atoms with E-state index < -0.39 is 11.8 Å². The minimum Gasteiger partial charge on any atom is -0.481 e. The molecule has 30 heavy (non-hydrogen) atoms. The second-order valence-electron chi connectivity index (χ2n) is 6.94. The van der Waals surface area contributed by atoms with Gasteiger partial charge in [0.25, 0.3) is 5.56 Å². The summed E-state index contributed by atoms with van der Waals surface area (Å²) in [5.74, 6) is -0.753. The van der Waals surface area contributed by atoms with Gasteiger partial charge in [-0.2, -0.15) is 5.10 Å². The Morgan fingerprint density at radius 1 is 1.10 bits per heavy atom. The molecule has 0 atom stereocenters. The average molecular weight is 406 g/mol. The van der Waals surface area contributed by atoms with Crippen LogP contribution >= 0.6 is 0 Å². The highest BCUT2D eigenvalue weighted by Crippen LogP contribution is 2.22. The SMILES string of the molecule is O=C(O)CCCCc1nc2cc(-c3cc[nH]n3)ccc2c(=O)n1-c1ccc(F)cc1. The summed E-state index contributed by atoms with van der Waals surface area (Å²) >= 11 is 0. The molecular weight excluding hydrogens is 387 g/mol. The van der Waals surface area contributed by atoms with Crippen molar-refractivity contribution in [3.05, 3.63) is 76.7 Å². The van der Waals surface area contributed by atoms with Crippen LogP contribution in [0.1, 0.15) is 25.1 Å². The fraction of sp³-hybridized carbons (Fsp3) is 0.182. The van der Waals surface area contributed by atoms with E-state index in [0.717, 1.165) is 11.3 Å². The largest absolute Gasteiger partial charge is 0.481 e. The highest BCUT2D eigenvalue weighted by Gasteiger charge is 2.14. The molecule has 0 saturated heterocycles. The van der Waals surface area contributed by atoms with Crippen LogP contribution in [0.25, 0.3) is 27.8 Å². The molecule has 0 aliphatic carbocycles. The lowest BCUT2D eigenvalue weighted by atomic mass is 10.1. The number of nitrogens with zero attached hydrogens (tertiary/aromatic N) is 3. The number of H-pyrrole nitrogens is 1. The smallest absolute Gasteiger partial charge is 0.303 e. The molecule has 0 aliphatic heterocycles. The molecule has 4 aromatic rings. The fourth-order valence-electron chi connectivity index (χ4n) is 3.40. The summed E-state index contributed by atoms with van der Waals surface area (Å²) in [5, 5.41) is 16.2. The molecule has 7 nitrogen and oxygen atoms in total. The lowest BCUT2D eigenvalue weighted by Crippen LogP contribution is -2.24. The number of hydrogen-bond donors (Lipinski definition) is 2. The Morgan fingerprint density at radius 3 is 2.60 bits per heavy atom. The van der Waals surface area contributed by atoms with Crippen molar-refractivity contribution in [2.45, 2.75) is 25.7 Å². The molecule has 0 bridgehead atoms. The molecule has 152 valence electrons. The zero-order valence-electron chi connectivity index (χ0n) is 16.0. The summed E-state index contributed by atoms with van der Waals surface area (Å²) in [6, 6.07) is 12.8. The number of carboxylic acid groups (broad SMARTS) is 1. The Hall–Kier alpha value is -3.81. The van der Waals surface area contributed by atoms with E-state index in [2.05, 4.69) is 10.2 Å². The summed E-state index contributed by atoms with van der Waals surface area (Å²) in [4.78, 5) is 28.8. The normalized spacial score (nSPS) is 11.1. The number of aromatic nitrogens is 4. The van der Waals surface area contributed by atoms with Gasteiger partial charge < -0.3 is 5.11 Å². The quantitative estimate of drug-likeness (QED) is 0.456. The number of carboxylic acids is 1. The third kappa shape index (κ3) is 3.98. The van der Waals surface area contributed by atoms with E-state index in [9.17, 15) is 14.0 Å². The molecule has 0 aliphatic rings. The number of nitrogens with one attached hydrogen (secondary N) is 1. The number of aryl methyl sites for hydroxylation is 1. The molecular formula is C22H19FN4O3. The van der Waals surface area contributed by atoms with Gasteiger partial charge in [0.15, 0.2) is 0 Å². The van der Waals surface area contributed by atoms with Crippen molar-refractivity contribution in [2.75, 3.05) is 0 Å². The predicted molar refractivity (Wildman–Crippen MR) is 110 cm³/mol. The maximum atomic E-state index is 13.4. The number of fused-ring (bicyclic) bond motifs is 1. The minimum absolute atomic E-state index is 0.0532. The van der Waals surface area contributed by atoms with Gasteiger partial charge in [-0.15, -0.1) is 0 Å². The monoisotopic (exact) mass is 406 g/mol. The van der Waals surface area contributed by atoms with Crippen molar-refractivity contribution in [1.29, 1.82) is 0 Å². The van der Waals surface area contributed by atoms with E-state index in [0.29, 0.717) is 41.7 Å². The highest BCUT2D eigenvalue weighted by atomic mass is 19.1. The topological polar surface area (TPSA) is 101 Å². The highest BCUT2D eigenvalue weighted by molar-refractivity contribution is 5.83. The number of hydrogen-bond acceptors (Lipinski definition) is 4. The van der Waals surface area contributed by atoms with Crippen LogP contribution in [0.3, 0.4) is 0 Å². The number of carbonyl (C=O) groups is 1. The van der Waals surface area contributed by atoms with Crippen molar-refractivity contribution in [3.63, 3.8) is 0 Å². The minimum atomic E-state index is -0.860. The third-order valence-corrected chi connectivity index (χ3v) is 4.86. The van der Waals surface area contributed by atoms with Gasteiger partial charge in [0.2, 0.25) is 0 Å². The van der Waals surface area contributed by atoms with Gasteiger partial charge in [0, 0.05) is 24.6 Å². The van der Waals surface area contributed by atoms with Crippen molar-refractivity contribution in [3.8, 4) is 16.9 Å². The van der Waals surface area contributed by atoms with Crippen molar-refractivity contribution in [2.24, 2.45) is 0 Å². The van der Waals surface area contributed by atoms with Gasteiger partial charge in [-0.25, -0.2) is 9.37 Å². The number of aliphatic carboxylic acids is 1. The molecule has 0 saturated carbocycles. The van der Waals surface area contributed by atoms with Crippen LogP contribution in [0.5, 0.6) is 0 Å². The first-order chi connectivity index (χ1) is 14.5. The first-order valence-corrected chi connectivity index (χ1v) is 9.56. The Bertz CT molecular complexity index is 1250. The van der Waals surface area contributed by atoms with Crippen molar-refractivity contribution in [1.82, 2.24) is 19.7 Å². The Balaban J connectivity index is 1.82. The number of benzene rings is 2. The van der Waals surface area contributed by atoms with Gasteiger partial charge in [0.1, 0.15) is 11.6 Å². The lowest BCUT2D eigenvalue weighted by Gasteiger charge is -2.14. The molecule has 2 aromatic heterocycles. The molecule has 2 N–H and O–H groups in total. The van der Waals surface area contributed by atoms with E-state index >= 15 is 0 Å². The molecule has 8 heteroatoms. The summed E-state index contributed by atoms with van der Waals surface area (Å²) in [7, 11) is 0. The lowest BCUT2D eigenvalue weighted by molar-refractivity contribution is -0.137. The third-order valence-electron chi connectivity index (χ3n) is 4.86. The average Bonchev–Trinajstić information content (AvgIpc) is 3.27. The van der Waals surface area contributed by atoms with Gasteiger partial charge in [-0.3, -0.25) is 19.3 Å². The van der Waals surface area contributed by atoms with Gasteiger partial charge in [-0.1, -0.05) is 6.07 Å². The number of rotatable bonds is 7. The summed E-state index contributed by atoms with van der Waals surface area (Å²) in [6.45, 7) is 0. The molecule has 0 spiro atoms. The van der Waals surface area contributed by atoms with Gasteiger partial charge in [-0.05, 0) is 55.3 Å². The van der Waals surface area contributed by atoms with Crippen LogP contribution < -0.4 is 5.56 Å². The molecule has 4 rings (SSSR count). The standard InChI is InChI=1S/C22H19FN4O3/c23-15-6-8-16(9-7-15)27-20(3-1-2-4-21(28)29)25-19-13-14(18-11-12-24-26-18)5-10-17(19)22(27)30/h5-13H,1-4H2,(H,24,26)(H,28,29). The fourth-order valence-corrected chi connectivity index (χ4v) is 3.40. The van der Waals surface area contributed by atoms with Crippen LogP contribution in [0.4, 0.5) is 4.39 Å². The second kappa shape index (κ2) is 8.28. The Kier molecular flexibility index (Phi) is 5.38. The first-order valence-electron chi connectivity index (χ1n) is 9.56. The Labute approximate surface area is 170 Å². The van der Waals surface area contributed by atoms with Crippen LogP contribution in [0, 0.1) is 5.82 Å². The molecule has 0 amide bonds.